The fourth-order valence-electron chi connectivity index (χ4n) is 3.56. The average molecular weight is 432 g/mol. The third-order valence-electron chi connectivity index (χ3n) is 5.50. The van der Waals surface area contributed by atoms with E-state index >= 15 is 0 Å². The second-order valence-electron chi connectivity index (χ2n) is 7.82. The minimum Gasteiger partial charge on any atom is -0.336 e. The quantitative estimate of drug-likeness (QED) is 0.370. The van der Waals surface area contributed by atoms with Crippen LogP contribution in [0.4, 0.5) is 5.69 Å². The van der Waals surface area contributed by atoms with Gasteiger partial charge < -0.3 is 20.6 Å². The molecule has 2 aromatic heterocycles. The zero-order chi connectivity index (χ0) is 22.7. The Hall–Kier alpha value is -3.85. The molecular formula is C23H25N7O2. The van der Waals surface area contributed by atoms with E-state index in [9.17, 15) is 9.59 Å². The Bertz CT molecular complexity index is 1250. The Morgan fingerprint density at radius 3 is 2.53 bits per heavy atom. The lowest BCUT2D eigenvalue weighted by molar-refractivity contribution is 0.0664. The van der Waals surface area contributed by atoms with Crippen molar-refractivity contribution in [2.45, 2.75) is 6.92 Å². The largest absolute Gasteiger partial charge is 0.336 e. The van der Waals surface area contributed by atoms with Gasteiger partial charge in [0.15, 0.2) is 0 Å². The zero-order valence-electron chi connectivity index (χ0n) is 18.1. The topological polar surface area (TPSA) is 120 Å². The number of likely N-dealkylation sites (N-methyl/N-ethyl adjacent to an activating group) is 1. The highest BCUT2D eigenvalue weighted by Crippen LogP contribution is 2.16. The first-order valence-corrected chi connectivity index (χ1v) is 10.4. The highest BCUT2D eigenvalue weighted by molar-refractivity contribution is 6.38. The molecule has 1 saturated heterocycles. The number of aromatic nitrogens is 2. The minimum atomic E-state index is -0.348. The van der Waals surface area contributed by atoms with Crippen LogP contribution < -0.4 is 11.4 Å². The summed E-state index contributed by atoms with van der Waals surface area (Å²) in [5, 5.41) is 4.50. The highest BCUT2D eigenvalue weighted by atomic mass is 16.2. The summed E-state index contributed by atoms with van der Waals surface area (Å²) in [6, 6.07) is 12.4. The van der Waals surface area contributed by atoms with Crippen LogP contribution in [0.1, 0.15) is 21.6 Å². The molecule has 0 spiro atoms. The van der Waals surface area contributed by atoms with Gasteiger partial charge in [-0.2, -0.15) is 5.10 Å². The van der Waals surface area contributed by atoms with Gasteiger partial charge in [0.1, 0.15) is 11.4 Å². The number of carbonyl (C=O) groups is 1. The van der Waals surface area contributed by atoms with Crippen LogP contribution in [0.15, 0.2) is 57.4 Å². The summed E-state index contributed by atoms with van der Waals surface area (Å²) < 4.78 is 0. The molecule has 9 heteroatoms. The van der Waals surface area contributed by atoms with Crippen molar-refractivity contribution < 1.29 is 4.79 Å². The predicted octanol–water partition coefficient (Wildman–Crippen LogP) is 1.68. The van der Waals surface area contributed by atoms with Crippen LogP contribution in [0, 0.1) is 6.92 Å². The molecule has 0 atom stereocenters. The van der Waals surface area contributed by atoms with Crippen molar-refractivity contribution in [2.75, 3.05) is 33.2 Å². The second-order valence-corrected chi connectivity index (χ2v) is 7.82. The molecule has 3 heterocycles. The number of rotatable bonds is 4. The van der Waals surface area contributed by atoms with E-state index in [-0.39, 0.29) is 17.2 Å². The van der Waals surface area contributed by atoms with Gasteiger partial charge in [-0.1, -0.05) is 0 Å². The number of hydrazone groups is 1. The number of nitrogens with two attached hydrogens (primary N) is 1. The van der Waals surface area contributed by atoms with E-state index in [1.165, 1.54) is 6.21 Å². The molecule has 9 nitrogen and oxygen atoms in total. The first-order valence-electron chi connectivity index (χ1n) is 10.4. The Morgan fingerprint density at radius 1 is 1.12 bits per heavy atom. The number of amides is 1. The molecule has 0 bridgehead atoms. The van der Waals surface area contributed by atoms with Gasteiger partial charge in [0.25, 0.3) is 11.5 Å². The fourth-order valence-corrected chi connectivity index (χ4v) is 3.56. The van der Waals surface area contributed by atoms with E-state index in [1.807, 2.05) is 24.0 Å². The lowest BCUT2D eigenvalue weighted by Gasteiger charge is -2.32. The standard InChI is InChI=1S/C23H25N7O2/c1-15-3-4-17-13-19(22(31)27-21(17)26-15)20(28-24)14-25-18-7-5-16(6-8-18)23(32)30-11-9-29(2)10-12-30/h3-8,13-14H,9-12,24H2,1-2H3,(H,26,27,31). The smallest absolute Gasteiger partial charge is 0.259 e. The summed E-state index contributed by atoms with van der Waals surface area (Å²) in [7, 11) is 2.05. The molecule has 3 aromatic rings. The summed E-state index contributed by atoms with van der Waals surface area (Å²) >= 11 is 0. The first kappa shape index (κ1) is 21.4. The van der Waals surface area contributed by atoms with E-state index in [4.69, 9.17) is 5.84 Å². The summed E-state index contributed by atoms with van der Waals surface area (Å²) in [4.78, 5) is 40.7. The molecule has 0 saturated carbocycles. The number of aliphatic imine (C=N–C) groups is 1. The first-order chi connectivity index (χ1) is 15.4. The lowest BCUT2D eigenvalue weighted by atomic mass is 10.1. The number of piperazine rings is 1. The number of benzene rings is 1. The van der Waals surface area contributed by atoms with E-state index in [0.717, 1.165) is 37.3 Å². The van der Waals surface area contributed by atoms with Crippen molar-refractivity contribution in [1.82, 2.24) is 19.8 Å². The number of nitrogens with zero attached hydrogens (tertiary/aromatic N) is 5. The molecule has 1 aliphatic heterocycles. The monoisotopic (exact) mass is 431 g/mol. The Kier molecular flexibility index (Phi) is 6.09. The third-order valence-corrected chi connectivity index (χ3v) is 5.50. The molecule has 1 aromatic carbocycles. The molecule has 1 amide bonds. The number of nitrogens with one attached hydrogen (secondary N) is 1. The number of carbonyl (C=O) groups excluding carboxylic acids is 1. The number of hydrogen-bond acceptors (Lipinski definition) is 7. The van der Waals surface area contributed by atoms with E-state index in [1.54, 1.807) is 30.3 Å². The van der Waals surface area contributed by atoms with Gasteiger partial charge >= 0.3 is 0 Å². The van der Waals surface area contributed by atoms with E-state index in [0.29, 0.717) is 22.5 Å². The van der Waals surface area contributed by atoms with Crippen molar-refractivity contribution in [3.8, 4) is 0 Å². The van der Waals surface area contributed by atoms with Crippen molar-refractivity contribution in [3.05, 3.63) is 69.6 Å². The van der Waals surface area contributed by atoms with Crippen LogP contribution in [0.3, 0.4) is 0 Å². The van der Waals surface area contributed by atoms with Crippen LogP contribution in [-0.2, 0) is 0 Å². The van der Waals surface area contributed by atoms with Gasteiger partial charge in [-0.05, 0) is 56.4 Å². The summed E-state index contributed by atoms with van der Waals surface area (Å²) in [5.74, 6) is 5.55. The van der Waals surface area contributed by atoms with Gasteiger partial charge in [0.05, 0.1) is 17.5 Å². The second kappa shape index (κ2) is 9.11. The summed E-state index contributed by atoms with van der Waals surface area (Å²) in [5.41, 5.74) is 2.75. The zero-order valence-corrected chi connectivity index (χ0v) is 18.1. The Labute approximate surface area is 185 Å². The molecule has 0 unspecified atom stereocenters. The fraction of sp³-hybridized carbons (Fsp3) is 0.261. The van der Waals surface area contributed by atoms with Crippen molar-refractivity contribution in [2.24, 2.45) is 15.9 Å². The van der Waals surface area contributed by atoms with Gasteiger partial charge in [0.2, 0.25) is 0 Å². The van der Waals surface area contributed by atoms with Crippen LogP contribution in [0.5, 0.6) is 0 Å². The molecule has 4 rings (SSSR count). The van der Waals surface area contributed by atoms with Crippen LogP contribution >= 0.6 is 0 Å². The molecule has 0 radical (unpaired) electrons. The molecule has 1 aliphatic rings. The molecule has 164 valence electrons. The predicted molar refractivity (Wildman–Crippen MR) is 126 cm³/mol. The Morgan fingerprint density at radius 2 is 1.84 bits per heavy atom. The van der Waals surface area contributed by atoms with Crippen molar-refractivity contribution in [1.29, 1.82) is 0 Å². The molecule has 3 N–H and O–H groups in total. The summed E-state index contributed by atoms with van der Waals surface area (Å²) in [6.07, 6.45) is 1.44. The van der Waals surface area contributed by atoms with E-state index < -0.39 is 0 Å². The molecule has 1 fully saturated rings. The number of fused-ring (bicyclic) bond motifs is 1. The van der Waals surface area contributed by atoms with Crippen LogP contribution in [-0.4, -0.2) is 70.8 Å². The van der Waals surface area contributed by atoms with Gasteiger partial charge in [-0.3, -0.25) is 14.6 Å². The maximum atomic E-state index is 12.7. The molecule has 32 heavy (non-hydrogen) atoms. The van der Waals surface area contributed by atoms with Gasteiger partial charge in [0, 0.05) is 42.8 Å². The third kappa shape index (κ3) is 4.57. The number of hydrogen-bond donors (Lipinski definition) is 2. The van der Waals surface area contributed by atoms with Crippen molar-refractivity contribution in [3.63, 3.8) is 0 Å². The molecular weight excluding hydrogens is 406 g/mol. The van der Waals surface area contributed by atoms with Crippen LogP contribution in [0.2, 0.25) is 0 Å². The SMILES string of the molecule is Cc1ccc2cc(C(C=Nc3ccc(C(=O)N4CCN(C)CC4)cc3)=NN)c(=O)[nH]c2n1. The minimum absolute atomic E-state index is 0.0179. The number of pyridine rings is 2. The average Bonchev–Trinajstić information content (AvgIpc) is 2.80. The number of H-pyrrole nitrogens is 1. The van der Waals surface area contributed by atoms with Crippen molar-refractivity contribution >= 4 is 34.6 Å². The highest BCUT2D eigenvalue weighted by Gasteiger charge is 2.20. The summed E-state index contributed by atoms with van der Waals surface area (Å²) in [6.45, 7) is 5.05. The lowest BCUT2D eigenvalue weighted by Crippen LogP contribution is -2.47. The normalized spacial score (nSPS) is 15.6. The van der Waals surface area contributed by atoms with Gasteiger partial charge in [-0.25, -0.2) is 4.98 Å². The molecule has 0 aliphatic carbocycles. The maximum Gasteiger partial charge on any atom is 0.259 e. The number of aromatic amines is 1. The maximum absolute atomic E-state index is 12.7. The van der Waals surface area contributed by atoms with Gasteiger partial charge in [-0.15, -0.1) is 0 Å². The number of aryl methyl sites for hydroxylation is 1. The van der Waals surface area contributed by atoms with E-state index in [2.05, 4.69) is 32.0 Å². The van der Waals surface area contributed by atoms with Crippen LogP contribution in [0.25, 0.3) is 11.0 Å². The Balaban J connectivity index is 1.51.